The van der Waals surface area contributed by atoms with Crippen LogP contribution in [-0.2, 0) is 4.79 Å². The maximum atomic E-state index is 13.0. The summed E-state index contributed by atoms with van der Waals surface area (Å²) < 4.78 is 13.0. The van der Waals surface area contributed by atoms with Gasteiger partial charge in [-0.15, -0.1) is 0 Å². The van der Waals surface area contributed by atoms with Crippen LogP contribution in [0.5, 0.6) is 0 Å². The third-order valence-corrected chi connectivity index (χ3v) is 3.82. The molecule has 5 heteroatoms. The van der Waals surface area contributed by atoms with Gasteiger partial charge in [0.05, 0.1) is 10.7 Å². The van der Waals surface area contributed by atoms with Crippen LogP contribution in [-0.4, -0.2) is 11.9 Å². The van der Waals surface area contributed by atoms with Crippen molar-refractivity contribution in [2.45, 2.75) is 25.9 Å². The molecule has 0 aromatic heterocycles. The Morgan fingerprint density at radius 3 is 2.50 bits per heavy atom. The van der Waals surface area contributed by atoms with Gasteiger partial charge in [0, 0.05) is 5.56 Å². The molecular formula is C17H19ClFN2O+. The zero-order valence-corrected chi connectivity index (χ0v) is 13.3. The highest BCUT2D eigenvalue weighted by atomic mass is 35.5. The third kappa shape index (κ3) is 4.29. The van der Waals surface area contributed by atoms with Crippen LogP contribution in [0.15, 0.2) is 48.5 Å². The van der Waals surface area contributed by atoms with Gasteiger partial charge in [-0.25, -0.2) is 4.39 Å². The van der Waals surface area contributed by atoms with Gasteiger partial charge in [-0.1, -0.05) is 41.9 Å². The number of benzene rings is 2. The Hall–Kier alpha value is -1.91. The average Bonchev–Trinajstić information content (AvgIpc) is 2.50. The van der Waals surface area contributed by atoms with E-state index in [9.17, 15) is 9.18 Å². The van der Waals surface area contributed by atoms with Crippen LogP contribution in [0.2, 0.25) is 5.02 Å². The predicted octanol–water partition coefficient (Wildman–Crippen LogP) is 3.13. The summed E-state index contributed by atoms with van der Waals surface area (Å²) in [6.45, 7) is 3.87. The summed E-state index contributed by atoms with van der Waals surface area (Å²) in [4.78, 5) is 12.2. The summed E-state index contributed by atoms with van der Waals surface area (Å²) in [6.07, 6.45) is 0. The average molecular weight is 322 g/mol. The Morgan fingerprint density at radius 1 is 1.18 bits per heavy atom. The number of hydrogen-bond acceptors (Lipinski definition) is 1. The molecule has 2 atom stereocenters. The first kappa shape index (κ1) is 16.5. The lowest BCUT2D eigenvalue weighted by atomic mass is 10.1. The van der Waals surface area contributed by atoms with Crippen molar-refractivity contribution < 1.29 is 14.5 Å². The number of nitrogens with two attached hydrogens (primary N) is 1. The van der Waals surface area contributed by atoms with E-state index in [0.29, 0.717) is 5.69 Å². The van der Waals surface area contributed by atoms with E-state index in [1.807, 2.05) is 49.5 Å². The van der Waals surface area contributed by atoms with Gasteiger partial charge in [0.15, 0.2) is 6.04 Å². The fourth-order valence-electron chi connectivity index (χ4n) is 2.23. The topological polar surface area (TPSA) is 45.7 Å². The van der Waals surface area contributed by atoms with Gasteiger partial charge in [0.1, 0.15) is 11.9 Å². The minimum absolute atomic E-state index is 0.158. The minimum Gasteiger partial charge on any atom is -0.330 e. The summed E-state index contributed by atoms with van der Waals surface area (Å²) in [5.74, 6) is -0.600. The van der Waals surface area contributed by atoms with Crippen molar-refractivity contribution in [3.05, 3.63) is 64.9 Å². The number of anilines is 1. The van der Waals surface area contributed by atoms with E-state index in [2.05, 4.69) is 5.32 Å². The van der Waals surface area contributed by atoms with E-state index < -0.39 is 5.82 Å². The van der Waals surface area contributed by atoms with Crippen LogP contribution in [0.1, 0.15) is 25.5 Å². The first-order valence-corrected chi connectivity index (χ1v) is 7.51. The number of nitrogens with one attached hydrogen (secondary N) is 1. The molecule has 0 radical (unpaired) electrons. The van der Waals surface area contributed by atoms with E-state index in [4.69, 9.17) is 11.6 Å². The fraction of sp³-hybridized carbons (Fsp3) is 0.235. The smallest absolute Gasteiger partial charge is 0.282 e. The highest BCUT2D eigenvalue weighted by Crippen LogP contribution is 2.22. The molecule has 1 amide bonds. The Morgan fingerprint density at radius 2 is 1.86 bits per heavy atom. The zero-order valence-electron chi connectivity index (χ0n) is 12.5. The molecule has 116 valence electrons. The van der Waals surface area contributed by atoms with Gasteiger partial charge in [-0.3, -0.25) is 4.79 Å². The first-order chi connectivity index (χ1) is 10.5. The lowest BCUT2D eigenvalue weighted by Gasteiger charge is -2.17. The molecule has 0 saturated heterocycles. The molecule has 0 aliphatic rings. The number of hydrogen-bond donors (Lipinski definition) is 2. The van der Waals surface area contributed by atoms with Gasteiger partial charge in [-0.05, 0) is 32.0 Å². The van der Waals surface area contributed by atoms with Crippen LogP contribution in [0.4, 0.5) is 10.1 Å². The minimum atomic E-state index is -0.430. The molecule has 22 heavy (non-hydrogen) atoms. The monoisotopic (exact) mass is 321 g/mol. The molecule has 2 aromatic carbocycles. The van der Waals surface area contributed by atoms with Crippen molar-refractivity contribution in [3.8, 4) is 0 Å². The normalized spacial score (nSPS) is 13.5. The Balaban J connectivity index is 1.97. The molecule has 3 N–H and O–H groups in total. The second kappa shape index (κ2) is 7.38. The molecule has 0 bridgehead atoms. The van der Waals surface area contributed by atoms with Crippen LogP contribution in [0.25, 0.3) is 0 Å². The van der Waals surface area contributed by atoms with Crippen molar-refractivity contribution in [1.29, 1.82) is 0 Å². The fourth-order valence-corrected chi connectivity index (χ4v) is 2.44. The summed E-state index contributed by atoms with van der Waals surface area (Å²) in [6, 6.07) is 13.7. The van der Waals surface area contributed by atoms with E-state index in [1.54, 1.807) is 0 Å². The van der Waals surface area contributed by atoms with Crippen molar-refractivity contribution >= 4 is 23.2 Å². The summed E-state index contributed by atoms with van der Waals surface area (Å²) in [7, 11) is 0. The van der Waals surface area contributed by atoms with Crippen molar-refractivity contribution in [2.24, 2.45) is 0 Å². The van der Waals surface area contributed by atoms with Crippen molar-refractivity contribution in [3.63, 3.8) is 0 Å². The molecule has 0 heterocycles. The largest absolute Gasteiger partial charge is 0.330 e. The molecule has 0 spiro atoms. The standard InChI is InChI=1S/C17H18ClFN2O/c1-11(13-6-4-3-5-7-13)20-12(2)17(22)21-16-9-8-14(19)10-15(16)18/h3-12,20H,1-2H3,(H,21,22)/p+1/t11-,12-/m1/s1. The maximum absolute atomic E-state index is 13.0. The number of carbonyl (C=O) groups is 1. The van der Waals surface area contributed by atoms with Gasteiger partial charge in [0.2, 0.25) is 0 Å². The molecule has 0 fully saturated rings. The zero-order chi connectivity index (χ0) is 16.1. The van der Waals surface area contributed by atoms with Crippen LogP contribution < -0.4 is 10.6 Å². The Kier molecular flexibility index (Phi) is 5.52. The lowest BCUT2D eigenvalue weighted by Crippen LogP contribution is -2.91. The molecule has 0 aliphatic carbocycles. The van der Waals surface area contributed by atoms with E-state index >= 15 is 0 Å². The van der Waals surface area contributed by atoms with Crippen LogP contribution in [0, 0.1) is 5.82 Å². The summed E-state index contributed by atoms with van der Waals surface area (Å²) in [5, 5.41) is 4.89. The Labute approximate surface area is 134 Å². The van der Waals surface area contributed by atoms with Gasteiger partial charge in [-0.2, -0.15) is 0 Å². The van der Waals surface area contributed by atoms with Gasteiger partial charge < -0.3 is 10.6 Å². The van der Waals surface area contributed by atoms with Crippen LogP contribution in [0.3, 0.4) is 0 Å². The van der Waals surface area contributed by atoms with Crippen LogP contribution >= 0.6 is 11.6 Å². The second-order valence-corrected chi connectivity index (χ2v) is 5.70. The maximum Gasteiger partial charge on any atom is 0.282 e. The second-order valence-electron chi connectivity index (χ2n) is 5.29. The molecule has 0 unspecified atom stereocenters. The molecule has 2 aromatic rings. The van der Waals surface area contributed by atoms with E-state index in [1.165, 1.54) is 18.2 Å². The molecule has 3 nitrogen and oxygen atoms in total. The van der Waals surface area contributed by atoms with Gasteiger partial charge >= 0.3 is 0 Å². The lowest BCUT2D eigenvalue weighted by molar-refractivity contribution is -0.709. The number of carbonyl (C=O) groups excluding carboxylic acids is 1. The highest BCUT2D eigenvalue weighted by molar-refractivity contribution is 6.33. The SMILES string of the molecule is C[C@@H]([NH2+][C@H](C)c1ccccc1)C(=O)Nc1ccc(F)cc1Cl. The van der Waals surface area contributed by atoms with E-state index in [-0.39, 0.29) is 23.0 Å². The molecule has 0 aliphatic heterocycles. The number of halogens is 2. The summed E-state index contributed by atoms with van der Waals surface area (Å²) in [5.41, 5.74) is 1.57. The molecule has 0 saturated carbocycles. The first-order valence-electron chi connectivity index (χ1n) is 7.13. The van der Waals surface area contributed by atoms with Gasteiger partial charge in [0.25, 0.3) is 5.91 Å². The molecular weight excluding hydrogens is 303 g/mol. The third-order valence-electron chi connectivity index (χ3n) is 3.51. The van der Waals surface area contributed by atoms with Crippen molar-refractivity contribution in [2.75, 3.05) is 5.32 Å². The quantitative estimate of drug-likeness (QED) is 0.873. The summed E-state index contributed by atoms with van der Waals surface area (Å²) >= 11 is 5.91. The highest BCUT2D eigenvalue weighted by Gasteiger charge is 2.21. The van der Waals surface area contributed by atoms with Crippen molar-refractivity contribution in [1.82, 2.24) is 0 Å². The predicted molar refractivity (Wildman–Crippen MR) is 86.3 cm³/mol. The van der Waals surface area contributed by atoms with E-state index in [0.717, 1.165) is 5.56 Å². The number of amides is 1. The number of quaternary nitrogens is 1. The molecule has 2 rings (SSSR count). The number of rotatable bonds is 5. The Bertz CT molecular complexity index is 648.